The van der Waals surface area contributed by atoms with E-state index in [9.17, 15) is 9.50 Å². The molecule has 1 aliphatic carbocycles. The molecule has 3 heterocycles. The topological polar surface area (TPSA) is 101 Å². The summed E-state index contributed by atoms with van der Waals surface area (Å²) in [5.74, 6) is 0.607. The first-order valence-electron chi connectivity index (χ1n) is 8.66. The van der Waals surface area contributed by atoms with E-state index in [1.165, 1.54) is 12.3 Å². The minimum absolute atomic E-state index is 0.194. The normalized spacial score (nSPS) is 23.3. The molecular weight excluding hydrogens is 335 g/mol. The van der Waals surface area contributed by atoms with E-state index in [2.05, 4.69) is 20.3 Å². The lowest BCUT2D eigenvalue weighted by Crippen LogP contribution is -2.36. The van der Waals surface area contributed by atoms with Gasteiger partial charge >= 0.3 is 0 Å². The second kappa shape index (κ2) is 6.21. The summed E-state index contributed by atoms with van der Waals surface area (Å²) in [6.07, 6.45) is 7.65. The quantitative estimate of drug-likeness (QED) is 0.667. The van der Waals surface area contributed by atoms with E-state index in [-0.39, 0.29) is 11.9 Å². The van der Waals surface area contributed by atoms with Crippen molar-refractivity contribution in [2.45, 2.75) is 44.2 Å². The summed E-state index contributed by atoms with van der Waals surface area (Å²) in [4.78, 5) is 13.1. The van der Waals surface area contributed by atoms with Crippen LogP contribution in [0.4, 0.5) is 15.9 Å². The molecule has 0 amide bonds. The molecule has 1 saturated carbocycles. The third-order valence-corrected chi connectivity index (χ3v) is 4.92. The van der Waals surface area contributed by atoms with Crippen LogP contribution in [0.5, 0.6) is 0 Å². The lowest BCUT2D eigenvalue weighted by atomic mass is 9.84. The van der Waals surface area contributed by atoms with Crippen molar-refractivity contribution >= 4 is 17.2 Å². The monoisotopic (exact) mass is 356 g/mol. The van der Waals surface area contributed by atoms with Crippen LogP contribution in [-0.2, 0) is 0 Å². The Morgan fingerprint density at radius 3 is 2.81 bits per heavy atom. The molecule has 1 aliphatic rings. The van der Waals surface area contributed by atoms with Crippen molar-refractivity contribution in [2.75, 3.05) is 11.1 Å². The largest absolute Gasteiger partial charge is 0.394 e. The molecule has 4 rings (SSSR count). The maximum Gasteiger partial charge on any atom is 0.180 e. The third-order valence-electron chi connectivity index (χ3n) is 4.92. The average Bonchev–Trinajstić information content (AvgIpc) is 3.01. The van der Waals surface area contributed by atoms with Crippen LogP contribution in [0.15, 0.2) is 30.7 Å². The SMILES string of the molecule is CC1(O)CCC(Nc2nc(-c3cnc4ccc(F)cn34)ncc2N)CC1. The summed E-state index contributed by atoms with van der Waals surface area (Å²) >= 11 is 0. The van der Waals surface area contributed by atoms with Crippen LogP contribution in [0.25, 0.3) is 17.2 Å². The number of halogens is 1. The first-order valence-corrected chi connectivity index (χ1v) is 8.66. The maximum atomic E-state index is 13.6. The fourth-order valence-electron chi connectivity index (χ4n) is 3.33. The van der Waals surface area contributed by atoms with Crippen LogP contribution in [-0.4, -0.2) is 36.1 Å². The van der Waals surface area contributed by atoms with Crippen molar-refractivity contribution in [1.29, 1.82) is 0 Å². The number of fused-ring (bicyclic) bond motifs is 1. The van der Waals surface area contributed by atoms with Crippen molar-refractivity contribution in [3.05, 3.63) is 36.5 Å². The van der Waals surface area contributed by atoms with Gasteiger partial charge in [0.2, 0.25) is 0 Å². The van der Waals surface area contributed by atoms with Crippen LogP contribution < -0.4 is 11.1 Å². The fourth-order valence-corrected chi connectivity index (χ4v) is 3.33. The van der Waals surface area contributed by atoms with Gasteiger partial charge in [-0.05, 0) is 44.7 Å². The van der Waals surface area contributed by atoms with E-state index < -0.39 is 5.60 Å². The number of nitrogens with two attached hydrogens (primary N) is 1. The van der Waals surface area contributed by atoms with Crippen LogP contribution in [0.1, 0.15) is 32.6 Å². The van der Waals surface area contributed by atoms with Gasteiger partial charge in [-0.1, -0.05) is 0 Å². The van der Waals surface area contributed by atoms with E-state index in [4.69, 9.17) is 5.73 Å². The summed E-state index contributed by atoms with van der Waals surface area (Å²) < 4.78 is 15.2. The molecule has 0 aromatic carbocycles. The molecule has 8 heteroatoms. The fraction of sp³-hybridized carbons (Fsp3) is 0.389. The predicted molar refractivity (Wildman–Crippen MR) is 97.1 cm³/mol. The summed E-state index contributed by atoms with van der Waals surface area (Å²) in [5.41, 5.74) is 7.09. The molecule has 0 bridgehead atoms. The first kappa shape index (κ1) is 16.7. The Bertz CT molecular complexity index is 944. The maximum absolute atomic E-state index is 13.6. The molecule has 0 radical (unpaired) electrons. The highest BCUT2D eigenvalue weighted by atomic mass is 19.1. The van der Waals surface area contributed by atoms with Crippen molar-refractivity contribution in [3.8, 4) is 11.5 Å². The molecule has 0 atom stereocenters. The number of pyridine rings is 1. The summed E-state index contributed by atoms with van der Waals surface area (Å²) in [6, 6.07) is 3.16. The summed E-state index contributed by atoms with van der Waals surface area (Å²) in [7, 11) is 0. The molecule has 136 valence electrons. The number of aromatic nitrogens is 4. The molecule has 4 N–H and O–H groups in total. The average molecular weight is 356 g/mol. The molecule has 3 aromatic heterocycles. The summed E-state index contributed by atoms with van der Waals surface area (Å²) in [5, 5.41) is 13.4. The number of rotatable bonds is 3. The van der Waals surface area contributed by atoms with E-state index >= 15 is 0 Å². The zero-order valence-electron chi connectivity index (χ0n) is 14.5. The number of nitrogens with one attached hydrogen (secondary N) is 1. The molecular formula is C18H21FN6O. The van der Waals surface area contributed by atoms with Crippen molar-refractivity contribution < 1.29 is 9.50 Å². The molecule has 0 aliphatic heterocycles. The second-order valence-electron chi connectivity index (χ2n) is 7.13. The molecule has 0 unspecified atom stereocenters. The third kappa shape index (κ3) is 3.20. The lowest BCUT2D eigenvalue weighted by molar-refractivity contribution is 0.0196. The van der Waals surface area contributed by atoms with E-state index in [1.807, 2.05) is 6.92 Å². The van der Waals surface area contributed by atoms with Crippen molar-refractivity contribution in [2.24, 2.45) is 0 Å². The van der Waals surface area contributed by atoms with Gasteiger partial charge < -0.3 is 16.2 Å². The van der Waals surface area contributed by atoms with Crippen molar-refractivity contribution in [1.82, 2.24) is 19.4 Å². The Hall–Kier alpha value is -2.74. The number of anilines is 2. The van der Waals surface area contributed by atoms with Gasteiger partial charge in [-0.25, -0.2) is 19.3 Å². The Labute approximate surface area is 150 Å². The van der Waals surface area contributed by atoms with Gasteiger partial charge in [0.15, 0.2) is 11.6 Å². The van der Waals surface area contributed by atoms with Crippen LogP contribution in [0.3, 0.4) is 0 Å². The highest BCUT2D eigenvalue weighted by Gasteiger charge is 2.29. The summed E-state index contributed by atoms with van der Waals surface area (Å²) in [6.45, 7) is 1.87. The molecule has 26 heavy (non-hydrogen) atoms. The van der Waals surface area contributed by atoms with Gasteiger partial charge in [0.05, 0.1) is 23.7 Å². The standard InChI is InChI=1S/C18H21FN6O/c1-18(26)6-4-12(5-7-18)23-16-13(20)8-22-17(24-16)14-9-21-15-3-2-11(19)10-25(14)15/h2-3,8-10,12,26H,4-7,20H2,1H3,(H,22,23,24). The Balaban J connectivity index is 1.63. The van der Waals surface area contributed by atoms with E-state index in [0.717, 1.165) is 25.7 Å². The van der Waals surface area contributed by atoms with E-state index in [1.54, 1.807) is 22.9 Å². The molecule has 1 fully saturated rings. The van der Waals surface area contributed by atoms with Crippen LogP contribution in [0.2, 0.25) is 0 Å². The van der Waals surface area contributed by atoms with Gasteiger partial charge in [-0.3, -0.25) is 4.40 Å². The molecule has 0 saturated heterocycles. The van der Waals surface area contributed by atoms with Gasteiger partial charge in [0, 0.05) is 12.2 Å². The highest BCUT2D eigenvalue weighted by molar-refractivity contribution is 5.65. The molecule has 7 nitrogen and oxygen atoms in total. The second-order valence-corrected chi connectivity index (χ2v) is 7.13. The Morgan fingerprint density at radius 1 is 1.27 bits per heavy atom. The van der Waals surface area contributed by atoms with E-state index in [0.29, 0.717) is 28.7 Å². The number of hydrogen-bond donors (Lipinski definition) is 3. The Morgan fingerprint density at radius 2 is 2.04 bits per heavy atom. The van der Waals surface area contributed by atoms with Gasteiger partial charge in [-0.15, -0.1) is 0 Å². The Kier molecular flexibility index (Phi) is 3.99. The highest BCUT2D eigenvalue weighted by Crippen LogP contribution is 2.30. The molecule has 0 spiro atoms. The number of nitrogens with zero attached hydrogens (tertiary/aromatic N) is 4. The minimum atomic E-state index is -0.596. The van der Waals surface area contributed by atoms with Crippen molar-refractivity contribution in [3.63, 3.8) is 0 Å². The molecule has 3 aromatic rings. The number of nitrogen functional groups attached to an aromatic ring is 1. The number of imidazole rings is 1. The number of hydrogen-bond acceptors (Lipinski definition) is 6. The number of aliphatic hydroxyl groups is 1. The van der Waals surface area contributed by atoms with Crippen LogP contribution >= 0.6 is 0 Å². The van der Waals surface area contributed by atoms with Crippen LogP contribution in [0, 0.1) is 5.82 Å². The smallest absolute Gasteiger partial charge is 0.180 e. The zero-order chi connectivity index (χ0) is 18.3. The predicted octanol–water partition coefficient (Wildman–Crippen LogP) is 2.62. The van der Waals surface area contributed by atoms with Gasteiger partial charge in [0.25, 0.3) is 0 Å². The minimum Gasteiger partial charge on any atom is -0.394 e. The zero-order valence-corrected chi connectivity index (χ0v) is 14.5. The van der Waals surface area contributed by atoms with Gasteiger partial charge in [0.1, 0.15) is 17.2 Å². The lowest BCUT2D eigenvalue weighted by Gasteiger charge is -2.33. The van der Waals surface area contributed by atoms with Gasteiger partial charge in [-0.2, -0.15) is 0 Å². The first-order chi connectivity index (χ1) is 12.4.